The number of ketones is 1. The van der Waals surface area contributed by atoms with Crippen LogP contribution in [0.4, 0.5) is 0 Å². The number of amides is 2. The van der Waals surface area contributed by atoms with Gasteiger partial charge in [0.25, 0.3) is 0 Å². The van der Waals surface area contributed by atoms with Crippen molar-refractivity contribution in [2.75, 3.05) is 0 Å². The van der Waals surface area contributed by atoms with E-state index in [-0.39, 0.29) is 12.8 Å². The number of aromatic amines is 1. The third-order valence-electron chi connectivity index (χ3n) is 3.29. The lowest BCUT2D eigenvalue weighted by molar-refractivity contribution is -0.143. The second-order valence-corrected chi connectivity index (χ2v) is 5.60. The van der Waals surface area contributed by atoms with Crippen LogP contribution >= 0.6 is 0 Å². The highest BCUT2D eigenvalue weighted by molar-refractivity contribution is 5.99. The van der Waals surface area contributed by atoms with E-state index in [1.54, 1.807) is 0 Å². The van der Waals surface area contributed by atoms with E-state index in [0.29, 0.717) is 5.69 Å². The van der Waals surface area contributed by atoms with E-state index in [9.17, 15) is 29.1 Å². The smallest absolute Gasteiger partial charge is 0.326 e. The van der Waals surface area contributed by atoms with Gasteiger partial charge >= 0.3 is 11.9 Å². The first-order valence-electron chi connectivity index (χ1n) is 7.70. The Balaban J connectivity index is 2.79. The zero-order chi connectivity index (χ0) is 19.7. The van der Waals surface area contributed by atoms with Gasteiger partial charge in [-0.3, -0.25) is 19.2 Å². The van der Waals surface area contributed by atoms with Crippen LogP contribution in [0.1, 0.15) is 31.9 Å². The molecule has 1 rings (SSSR count). The summed E-state index contributed by atoms with van der Waals surface area (Å²) in [5, 5.41) is 22.5. The van der Waals surface area contributed by atoms with Crippen LogP contribution in [-0.2, 0) is 30.4 Å². The second-order valence-electron chi connectivity index (χ2n) is 5.60. The van der Waals surface area contributed by atoms with E-state index >= 15 is 0 Å². The Morgan fingerprint density at radius 3 is 2.35 bits per heavy atom. The lowest BCUT2D eigenvalue weighted by atomic mass is 10.1. The molecule has 0 aliphatic rings. The maximum Gasteiger partial charge on any atom is 0.326 e. The number of carboxylic acid groups (broad SMARTS) is 2. The van der Waals surface area contributed by atoms with Gasteiger partial charge in [-0.05, 0) is 13.3 Å². The fourth-order valence-corrected chi connectivity index (χ4v) is 2.09. The molecule has 26 heavy (non-hydrogen) atoms. The van der Waals surface area contributed by atoms with E-state index in [0.717, 1.165) is 0 Å². The highest BCUT2D eigenvalue weighted by atomic mass is 16.4. The Morgan fingerprint density at radius 2 is 1.85 bits per heavy atom. The zero-order valence-electron chi connectivity index (χ0n) is 14.0. The predicted molar refractivity (Wildman–Crippen MR) is 86.0 cm³/mol. The van der Waals surface area contributed by atoms with Crippen molar-refractivity contribution in [3.05, 3.63) is 18.2 Å². The highest BCUT2D eigenvalue weighted by Gasteiger charge is 2.27. The van der Waals surface area contributed by atoms with Gasteiger partial charge < -0.3 is 25.8 Å². The number of hydrogen-bond donors (Lipinski definition) is 5. The number of carboxylic acids is 2. The molecule has 1 aromatic heterocycles. The molecule has 0 fully saturated rings. The van der Waals surface area contributed by atoms with Crippen molar-refractivity contribution >= 4 is 29.5 Å². The maximum atomic E-state index is 12.3. The molecule has 2 unspecified atom stereocenters. The number of carbonyl (C=O) groups is 5. The third kappa shape index (κ3) is 7.55. The van der Waals surface area contributed by atoms with Gasteiger partial charge in [-0.15, -0.1) is 0 Å². The van der Waals surface area contributed by atoms with Crippen LogP contribution in [0.2, 0.25) is 0 Å². The number of nitrogens with one attached hydrogen (secondary N) is 3. The number of imidazole rings is 1. The van der Waals surface area contributed by atoms with Crippen LogP contribution in [0.15, 0.2) is 12.5 Å². The van der Waals surface area contributed by atoms with Gasteiger partial charge in [-0.1, -0.05) is 0 Å². The maximum absolute atomic E-state index is 12.3. The molecule has 0 bridgehead atoms. The molecule has 0 saturated carbocycles. The molecule has 2 atom stereocenters. The topological polar surface area (TPSA) is 179 Å². The number of hydrogen-bond acceptors (Lipinski definition) is 6. The number of aliphatic carboxylic acids is 2. The van der Waals surface area contributed by atoms with E-state index < -0.39 is 54.5 Å². The van der Waals surface area contributed by atoms with Crippen molar-refractivity contribution in [2.45, 2.75) is 44.7 Å². The molecule has 11 heteroatoms. The van der Waals surface area contributed by atoms with Gasteiger partial charge in [0.1, 0.15) is 17.9 Å². The van der Waals surface area contributed by atoms with Crippen LogP contribution in [0.25, 0.3) is 0 Å². The van der Waals surface area contributed by atoms with Gasteiger partial charge in [0.05, 0.1) is 18.4 Å². The first-order chi connectivity index (χ1) is 12.2. The average molecular weight is 368 g/mol. The van der Waals surface area contributed by atoms with E-state index in [2.05, 4.69) is 20.6 Å². The SMILES string of the molecule is CC(=O)CC(=O)NC(CCC(=O)O)C(=O)NC(Cc1c[nH]cn1)C(=O)O. The van der Waals surface area contributed by atoms with E-state index in [1.165, 1.54) is 19.4 Å². The molecule has 0 spiro atoms. The predicted octanol–water partition coefficient (Wildman–Crippen LogP) is -1.15. The molecule has 2 amide bonds. The monoisotopic (exact) mass is 368 g/mol. The molecule has 0 aromatic carbocycles. The lowest BCUT2D eigenvalue weighted by Gasteiger charge is -2.20. The number of carbonyl (C=O) groups excluding carboxylic acids is 3. The molecule has 0 aliphatic carbocycles. The van der Waals surface area contributed by atoms with Crippen LogP contribution in [-0.4, -0.2) is 61.8 Å². The molecule has 1 aromatic rings. The normalized spacial score (nSPS) is 12.7. The Hall–Kier alpha value is -3.24. The Kier molecular flexibility index (Phi) is 7.93. The molecule has 0 saturated heterocycles. The Morgan fingerprint density at radius 1 is 1.15 bits per heavy atom. The van der Waals surface area contributed by atoms with Crippen LogP contribution in [0, 0.1) is 0 Å². The first-order valence-corrected chi connectivity index (χ1v) is 7.70. The molecular formula is C15H20N4O7. The summed E-state index contributed by atoms with van der Waals surface area (Å²) in [5.41, 5.74) is 0.403. The summed E-state index contributed by atoms with van der Waals surface area (Å²) in [6.45, 7) is 1.19. The van der Waals surface area contributed by atoms with Gasteiger partial charge in [0.2, 0.25) is 11.8 Å². The molecule has 142 valence electrons. The molecule has 0 aliphatic heterocycles. The minimum absolute atomic E-state index is 0.0996. The Labute approximate surface area is 148 Å². The van der Waals surface area contributed by atoms with Crippen molar-refractivity contribution in [2.24, 2.45) is 0 Å². The molecule has 1 heterocycles. The van der Waals surface area contributed by atoms with Crippen LogP contribution in [0.5, 0.6) is 0 Å². The average Bonchev–Trinajstić information content (AvgIpc) is 3.02. The minimum Gasteiger partial charge on any atom is -0.481 e. The number of aromatic nitrogens is 2. The number of Topliss-reactive ketones (excluding diaryl/α,β-unsaturated/α-hetero) is 1. The summed E-state index contributed by atoms with van der Waals surface area (Å²) in [6.07, 6.45) is 1.59. The highest BCUT2D eigenvalue weighted by Crippen LogP contribution is 2.03. The van der Waals surface area contributed by atoms with Gasteiger partial charge in [-0.25, -0.2) is 9.78 Å². The lowest BCUT2D eigenvalue weighted by Crippen LogP contribution is -2.52. The summed E-state index contributed by atoms with van der Waals surface area (Å²) >= 11 is 0. The van der Waals surface area contributed by atoms with Gasteiger partial charge in [0, 0.05) is 19.0 Å². The summed E-state index contributed by atoms with van der Waals surface area (Å²) in [6, 6.07) is -2.60. The molecule has 0 radical (unpaired) electrons. The van der Waals surface area contributed by atoms with Gasteiger partial charge in [-0.2, -0.15) is 0 Å². The van der Waals surface area contributed by atoms with E-state index in [4.69, 9.17) is 5.11 Å². The summed E-state index contributed by atoms with van der Waals surface area (Å²) in [5.74, 6) is -4.53. The number of rotatable bonds is 11. The first kappa shape index (κ1) is 20.8. The molecule has 5 N–H and O–H groups in total. The second kappa shape index (κ2) is 9.91. The van der Waals surface area contributed by atoms with Crippen molar-refractivity contribution < 1.29 is 34.2 Å². The number of H-pyrrole nitrogens is 1. The van der Waals surface area contributed by atoms with Crippen LogP contribution in [0.3, 0.4) is 0 Å². The molecule has 11 nitrogen and oxygen atoms in total. The van der Waals surface area contributed by atoms with Crippen molar-refractivity contribution in [3.8, 4) is 0 Å². The summed E-state index contributed by atoms with van der Waals surface area (Å²) < 4.78 is 0. The van der Waals surface area contributed by atoms with E-state index in [1.807, 2.05) is 0 Å². The Bertz CT molecular complexity index is 672. The molecular weight excluding hydrogens is 348 g/mol. The summed E-state index contributed by atoms with van der Waals surface area (Å²) in [4.78, 5) is 63.6. The fourth-order valence-electron chi connectivity index (χ4n) is 2.09. The zero-order valence-corrected chi connectivity index (χ0v) is 14.0. The third-order valence-corrected chi connectivity index (χ3v) is 3.29. The minimum atomic E-state index is -1.32. The largest absolute Gasteiger partial charge is 0.481 e. The quantitative estimate of drug-likeness (QED) is 0.304. The number of nitrogens with zero attached hydrogens (tertiary/aromatic N) is 1. The summed E-state index contributed by atoms with van der Waals surface area (Å²) in [7, 11) is 0. The van der Waals surface area contributed by atoms with Crippen molar-refractivity contribution in [3.63, 3.8) is 0 Å². The fraction of sp³-hybridized carbons (Fsp3) is 0.467. The van der Waals surface area contributed by atoms with Gasteiger partial charge in [0.15, 0.2) is 0 Å². The van der Waals surface area contributed by atoms with Crippen molar-refractivity contribution in [1.29, 1.82) is 0 Å². The standard InChI is InChI=1S/C15H20N4O7/c1-8(20)4-12(21)18-10(2-3-13(22)23)14(24)19-11(15(25)26)5-9-6-16-7-17-9/h6-7,10-11H,2-5H2,1H3,(H,16,17)(H,18,21)(H,19,24)(H,22,23)(H,25,26). The van der Waals surface area contributed by atoms with Crippen molar-refractivity contribution in [1.82, 2.24) is 20.6 Å². The van der Waals surface area contributed by atoms with Crippen LogP contribution < -0.4 is 10.6 Å².